The number of carboxylic acids is 1. The quantitative estimate of drug-likeness (QED) is 0.810. The minimum Gasteiger partial charge on any atom is -0.481 e. The van der Waals surface area contributed by atoms with Gasteiger partial charge in [0.05, 0.1) is 5.92 Å². The summed E-state index contributed by atoms with van der Waals surface area (Å²) in [4.78, 5) is 10.9. The van der Waals surface area contributed by atoms with E-state index in [1.54, 1.807) is 6.92 Å². The van der Waals surface area contributed by atoms with Crippen LogP contribution in [0.25, 0.3) is 0 Å². The van der Waals surface area contributed by atoms with Gasteiger partial charge in [0.25, 0.3) is 0 Å². The molecule has 0 bridgehead atoms. The van der Waals surface area contributed by atoms with Crippen LogP contribution >= 0.6 is 11.8 Å². The van der Waals surface area contributed by atoms with E-state index in [1.807, 2.05) is 36.0 Å². The van der Waals surface area contributed by atoms with Crippen molar-refractivity contribution in [3.05, 3.63) is 35.4 Å². The zero-order chi connectivity index (χ0) is 14.6. The van der Waals surface area contributed by atoms with Crippen LogP contribution in [-0.2, 0) is 11.3 Å². The number of hydrogen-bond acceptors (Lipinski definition) is 3. The standard InChI is InChI=1S/C16H23NO2S/c1-12(15(18)19)14-6-4-13(5-7-14)10-17-11-16(20-2)8-3-9-16/h4-7,12,17H,3,8-11H2,1-2H3,(H,18,19). The Kier molecular flexibility index (Phi) is 5.11. The zero-order valence-electron chi connectivity index (χ0n) is 12.2. The highest BCUT2D eigenvalue weighted by molar-refractivity contribution is 8.00. The highest BCUT2D eigenvalue weighted by Crippen LogP contribution is 2.42. The van der Waals surface area contributed by atoms with Gasteiger partial charge in [-0.15, -0.1) is 0 Å². The number of hydrogen-bond donors (Lipinski definition) is 2. The number of nitrogens with one attached hydrogen (secondary N) is 1. The molecule has 0 aromatic heterocycles. The van der Waals surface area contributed by atoms with Gasteiger partial charge in [0.2, 0.25) is 0 Å². The van der Waals surface area contributed by atoms with Crippen LogP contribution in [0, 0.1) is 0 Å². The van der Waals surface area contributed by atoms with Gasteiger partial charge in [0.1, 0.15) is 0 Å². The van der Waals surface area contributed by atoms with E-state index < -0.39 is 11.9 Å². The summed E-state index contributed by atoms with van der Waals surface area (Å²) in [5, 5.41) is 12.5. The van der Waals surface area contributed by atoms with Crippen molar-refractivity contribution in [1.29, 1.82) is 0 Å². The minimum atomic E-state index is -0.775. The van der Waals surface area contributed by atoms with Gasteiger partial charge in [0, 0.05) is 17.8 Å². The van der Waals surface area contributed by atoms with Crippen LogP contribution in [0.4, 0.5) is 0 Å². The van der Waals surface area contributed by atoms with Crippen LogP contribution in [0.1, 0.15) is 43.2 Å². The number of rotatable bonds is 7. The molecule has 1 unspecified atom stereocenters. The molecule has 0 heterocycles. The second kappa shape index (κ2) is 6.64. The Labute approximate surface area is 125 Å². The molecule has 0 aliphatic heterocycles. The fourth-order valence-corrected chi connectivity index (χ4v) is 3.47. The predicted octanol–water partition coefficient (Wildman–Crippen LogP) is 3.25. The van der Waals surface area contributed by atoms with Gasteiger partial charge in [-0.3, -0.25) is 4.79 Å². The smallest absolute Gasteiger partial charge is 0.310 e. The SMILES string of the molecule is CSC1(CNCc2ccc(C(C)C(=O)O)cc2)CCC1. The number of carbonyl (C=O) groups is 1. The average molecular weight is 293 g/mol. The summed E-state index contributed by atoms with van der Waals surface area (Å²) in [6, 6.07) is 7.88. The van der Waals surface area contributed by atoms with Crippen LogP contribution < -0.4 is 5.32 Å². The predicted molar refractivity (Wildman–Crippen MR) is 84.3 cm³/mol. The van der Waals surface area contributed by atoms with Gasteiger partial charge < -0.3 is 10.4 Å². The fourth-order valence-electron chi connectivity index (χ4n) is 2.53. The third kappa shape index (κ3) is 3.55. The van der Waals surface area contributed by atoms with E-state index in [2.05, 4.69) is 11.6 Å². The molecule has 1 aliphatic carbocycles. The highest BCUT2D eigenvalue weighted by atomic mass is 32.2. The second-order valence-electron chi connectivity index (χ2n) is 5.65. The highest BCUT2D eigenvalue weighted by Gasteiger charge is 2.35. The van der Waals surface area contributed by atoms with Crippen molar-refractivity contribution in [3.8, 4) is 0 Å². The minimum absolute atomic E-state index is 0.438. The molecule has 0 spiro atoms. The molecule has 2 rings (SSSR count). The number of benzene rings is 1. The normalized spacial score (nSPS) is 18.3. The van der Waals surface area contributed by atoms with E-state index in [0.29, 0.717) is 4.75 Å². The molecule has 1 saturated carbocycles. The first-order valence-electron chi connectivity index (χ1n) is 7.14. The largest absolute Gasteiger partial charge is 0.481 e. The number of aliphatic carboxylic acids is 1. The molecule has 0 amide bonds. The van der Waals surface area contributed by atoms with Gasteiger partial charge in [-0.1, -0.05) is 30.7 Å². The molecule has 0 radical (unpaired) electrons. The zero-order valence-corrected chi connectivity index (χ0v) is 13.0. The van der Waals surface area contributed by atoms with Crippen molar-refractivity contribution in [3.63, 3.8) is 0 Å². The topological polar surface area (TPSA) is 49.3 Å². The second-order valence-corrected chi connectivity index (χ2v) is 6.92. The van der Waals surface area contributed by atoms with E-state index in [0.717, 1.165) is 18.7 Å². The maximum Gasteiger partial charge on any atom is 0.310 e. The van der Waals surface area contributed by atoms with E-state index in [1.165, 1.54) is 24.8 Å². The lowest BCUT2D eigenvalue weighted by Gasteiger charge is -2.40. The Balaban J connectivity index is 1.83. The third-order valence-electron chi connectivity index (χ3n) is 4.32. The third-order valence-corrected chi connectivity index (χ3v) is 5.74. The maximum absolute atomic E-state index is 10.9. The molecule has 3 nitrogen and oxygen atoms in total. The first kappa shape index (κ1) is 15.4. The summed E-state index contributed by atoms with van der Waals surface area (Å²) in [6.07, 6.45) is 6.18. The van der Waals surface area contributed by atoms with Crippen molar-refractivity contribution in [2.24, 2.45) is 0 Å². The molecule has 1 fully saturated rings. The molecule has 0 saturated heterocycles. The number of thioether (sulfide) groups is 1. The molecule has 2 N–H and O–H groups in total. The summed E-state index contributed by atoms with van der Waals surface area (Å²) in [6.45, 7) is 3.62. The lowest BCUT2D eigenvalue weighted by atomic mass is 9.84. The van der Waals surface area contributed by atoms with Gasteiger partial charge in [-0.25, -0.2) is 0 Å². The lowest BCUT2D eigenvalue weighted by Crippen LogP contribution is -2.43. The van der Waals surface area contributed by atoms with Crippen molar-refractivity contribution in [1.82, 2.24) is 5.32 Å². The molecule has 1 aromatic carbocycles. The molecule has 1 aromatic rings. The molecule has 20 heavy (non-hydrogen) atoms. The Bertz CT molecular complexity index is 449. The van der Waals surface area contributed by atoms with Crippen LogP contribution in [0.5, 0.6) is 0 Å². The molecule has 110 valence electrons. The molecule has 1 atom stereocenters. The van der Waals surface area contributed by atoms with Crippen molar-refractivity contribution < 1.29 is 9.90 Å². The van der Waals surface area contributed by atoms with Crippen LogP contribution in [0.2, 0.25) is 0 Å². The van der Waals surface area contributed by atoms with E-state index in [9.17, 15) is 4.79 Å². The molecular formula is C16H23NO2S. The van der Waals surface area contributed by atoms with E-state index >= 15 is 0 Å². The molecular weight excluding hydrogens is 270 g/mol. The summed E-state index contributed by atoms with van der Waals surface area (Å²) >= 11 is 1.98. The molecule has 4 heteroatoms. The van der Waals surface area contributed by atoms with Crippen LogP contribution in [0.3, 0.4) is 0 Å². The summed E-state index contributed by atoms with van der Waals surface area (Å²) < 4.78 is 0.456. The first-order chi connectivity index (χ1) is 9.56. The van der Waals surface area contributed by atoms with Crippen molar-refractivity contribution >= 4 is 17.7 Å². The van der Waals surface area contributed by atoms with E-state index in [4.69, 9.17) is 5.11 Å². The summed E-state index contributed by atoms with van der Waals surface area (Å²) in [5.41, 5.74) is 2.07. The Hall–Kier alpha value is -1.00. The van der Waals surface area contributed by atoms with E-state index in [-0.39, 0.29) is 0 Å². The summed E-state index contributed by atoms with van der Waals surface area (Å²) in [5.74, 6) is -1.21. The van der Waals surface area contributed by atoms with Gasteiger partial charge in [-0.05, 0) is 37.1 Å². The summed E-state index contributed by atoms with van der Waals surface area (Å²) in [7, 11) is 0. The van der Waals surface area contributed by atoms with Crippen LogP contribution in [0.15, 0.2) is 24.3 Å². The maximum atomic E-state index is 10.9. The van der Waals surface area contributed by atoms with Crippen molar-refractivity contribution in [2.75, 3.05) is 12.8 Å². The van der Waals surface area contributed by atoms with Gasteiger partial charge in [-0.2, -0.15) is 11.8 Å². The Morgan fingerprint density at radius 2 is 2.05 bits per heavy atom. The average Bonchev–Trinajstić information content (AvgIpc) is 2.41. The molecule has 1 aliphatic rings. The Morgan fingerprint density at radius 3 is 2.50 bits per heavy atom. The fraction of sp³-hybridized carbons (Fsp3) is 0.562. The van der Waals surface area contributed by atoms with Gasteiger partial charge >= 0.3 is 5.97 Å². The van der Waals surface area contributed by atoms with Crippen LogP contribution in [-0.4, -0.2) is 28.6 Å². The monoisotopic (exact) mass is 293 g/mol. The Morgan fingerprint density at radius 1 is 1.40 bits per heavy atom. The number of carboxylic acid groups (broad SMARTS) is 1. The van der Waals surface area contributed by atoms with Crippen molar-refractivity contribution in [2.45, 2.75) is 43.4 Å². The van der Waals surface area contributed by atoms with Gasteiger partial charge in [0.15, 0.2) is 0 Å². The first-order valence-corrected chi connectivity index (χ1v) is 8.36. The lowest BCUT2D eigenvalue weighted by molar-refractivity contribution is -0.138.